The molecule has 2 heterocycles. The number of hydrogen-bond acceptors (Lipinski definition) is 5. The number of carbonyl (C=O) groups excluding carboxylic acids is 1. The van der Waals surface area contributed by atoms with Crippen LogP contribution in [0, 0.1) is 23.2 Å². The summed E-state index contributed by atoms with van der Waals surface area (Å²) in [6.07, 6.45) is -12.6. The molecule has 2 saturated carbocycles. The van der Waals surface area contributed by atoms with Gasteiger partial charge in [0.2, 0.25) is 0 Å². The van der Waals surface area contributed by atoms with Gasteiger partial charge in [0, 0.05) is 0 Å². The van der Waals surface area contributed by atoms with Crippen LogP contribution < -0.4 is 7.06 Å². The second-order valence-electron chi connectivity index (χ2n) is 9.08. The molecule has 4 fully saturated rings. The van der Waals surface area contributed by atoms with Crippen molar-refractivity contribution in [3.63, 3.8) is 0 Å². The van der Waals surface area contributed by atoms with Crippen molar-refractivity contribution in [2.45, 2.75) is 73.7 Å². The van der Waals surface area contributed by atoms with Gasteiger partial charge in [0.15, 0.2) is 0 Å². The second kappa shape index (κ2) is 6.35. The molecule has 0 spiro atoms. The third kappa shape index (κ3) is 3.18. The SMILES string of the molecule is CC(C)(C(=O)OC(CC1CC2CCC1C2)C(O)(C(F)(F)F)C(F)(F)F)C12NI1N2. The Labute approximate surface area is 171 Å². The summed E-state index contributed by atoms with van der Waals surface area (Å²) in [5.74, 6) is -1.33. The van der Waals surface area contributed by atoms with Crippen molar-refractivity contribution in [2.24, 2.45) is 23.2 Å². The van der Waals surface area contributed by atoms with Gasteiger partial charge in [-0.2, -0.15) is 0 Å². The first kappa shape index (κ1) is 21.9. The number of hydrogen-bond donors (Lipinski definition) is 3. The number of aliphatic hydroxyl groups is 1. The monoisotopic (exact) mass is 544 g/mol. The average molecular weight is 544 g/mol. The molecule has 0 radical (unpaired) electrons. The zero-order valence-corrected chi connectivity index (χ0v) is 17.9. The molecule has 4 atom stereocenters. The minimum absolute atomic E-state index is 0.00598. The number of rotatable bonds is 6. The zero-order chi connectivity index (χ0) is 21.6. The van der Waals surface area contributed by atoms with Crippen molar-refractivity contribution in [2.75, 3.05) is 0 Å². The van der Waals surface area contributed by atoms with E-state index in [0.717, 1.165) is 19.3 Å². The third-order valence-electron chi connectivity index (χ3n) is 7.01. The van der Waals surface area contributed by atoms with Crippen LogP contribution in [0.3, 0.4) is 0 Å². The number of halogens is 7. The van der Waals surface area contributed by atoms with E-state index in [-0.39, 0.29) is 11.8 Å². The van der Waals surface area contributed by atoms with Crippen molar-refractivity contribution in [1.82, 2.24) is 7.06 Å². The van der Waals surface area contributed by atoms with Crippen LogP contribution in [0.5, 0.6) is 0 Å². The summed E-state index contributed by atoms with van der Waals surface area (Å²) in [5, 5.41) is 9.97. The fourth-order valence-corrected chi connectivity index (χ4v) is 10.5. The molecule has 2 bridgehead atoms. The second-order valence-corrected chi connectivity index (χ2v) is 13.4. The molecule has 2 aliphatic heterocycles. The van der Waals surface area contributed by atoms with E-state index < -0.39 is 71.8 Å². The van der Waals surface area contributed by atoms with Crippen LogP contribution >= 0.6 is 20.4 Å². The Kier molecular flexibility index (Phi) is 4.79. The quantitative estimate of drug-likeness (QED) is 0.0901. The van der Waals surface area contributed by atoms with Gasteiger partial charge in [-0.15, -0.1) is 0 Å². The van der Waals surface area contributed by atoms with Crippen molar-refractivity contribution in [1.29, 1.82) is 0 Å². The van der Waals surface area contributed by atoms with Crippen LogP contribution in [-0.4, -0.2) is 38.8 Å². The fraction of sp³-hybridized carbons (Fsp3) is 0.941. The molecule has 168 valence electrons. The zero-order valence-electron chi connectivity index (χ0n) is 15.8. The van der Waals surface area contributed by atoms with Crippen LogP contribution in [0.15, 0.2) is 0 Å². The van der Waals surface area contributed by atoms with E-state index in [1.165, 1.54) is 13.8 Å². The standard InChI is InChI=1S/C17H23F6IN2O3/c1-13(2,17-24(25-17)26-17)12(27)29-11(7-10-6-8-3-4-9(10)5-8)14(28,15(18,19)20)16(21,22)23/h8-11,25-26,28H,3-7H2,1-2H3. The molecule has 4 rings (SSSR count). The Morgan fingerprint density at radius 2 is 1.69 bits per heavy atom. The molecule has 5 nitrogen and oxygen atoms in total. The van der Waals surface area contributed by atoms with Crippen LogP contribution in [0.4, 0.5) is 26.3 Å². The number of esters is 1. The van der Waals surface area contributed by atoms with Crippen molar-refractivity contribution in [3.05, 3.63) is 0 Å². The number of fused-ring (bicyclic) bond motifs is 3. The van der Waals surface area contributed by atoms with Gasteiger partial charge in [-0.25, -0.2) is 0 Å². The fourth-order valence-electron chi connectivity index (χ4n) is 4.88. The molecular weight excluding hydrogens is 521 g/mol. The number of carbonyl (C=O) groups is 1. The minimum atomic E-state index is -6.04. The molecule has 12 heteroatoms. The Morgan fingerprint density at radius 1 is 1.14 bits per heavy atom. The molecule has 0 aromatic heterocycles. The first-order chi connectivity index (χ1) is 13.1. The molecule has 29 heavy (non-hydrogen) atoms. The first-order valence-electron chi connectivity index (χ1n) is 9.46. The molecule has 3 N–H and O–H groups in total. The van der Waals surface area contributed by atoms with Crippen LogP contribution in [-0.2, 0) is 9.53 Å². The molecule has 2 aliphatic carbocycles. The summed E-state index contributed by atoms with van der Waals surface area (Å²) in [6.45, 7) is 2.85. The normalized spacial score (nSPS) is 32.7. The topological polar surface area (TPSA) is 90.4 Å². The predicted octanol–water partition coefficient (Wildman–Crippen LogP) is 3.80. The van der Waals surface area contributed by atoms with Gasteiger partial charge in [0.25, 0.3) is 0 Å². The predicted molar refractivity (Wildman–Crippen MR) is 97.3 cm³/mol. The molecule has 0 amide bonds. The maximum atomic E-state index is 13.5. The Hall–Kier alpha value is -0.340. The Balaban J connectivity index is 1.62. The first-order valence-corrected chi connectivity index (χ1v) is 12.7. The van der Waals surface area contributed by atoms with Crippen LogP contribution in [0.1, 0.15) is 46.0 Å². The summed E-state index contributed by atoms with van der Waals surface area (Å²) in [6, 6.07) is 0. The van der Waals surface area contributed by atoms with Gasteiger partial charge >= 0.3 is 171 Å². The van der Waals surface area contributed by atoms with E-state index in [1.807, 2.05) is 0 Å². The van der Waals surface area contributed by atoms with Crippen LogP contribution in [0.25, 0.3) is 0 Å². The molecule has 0 aromatic carbocycles. The number of alkyl halides is 7. The van der Waals surface area contributed by atoms with E-state index >= 15 is 0 Å². The van der Waals surface area contributed by atoms with Gasteiger partial charge in [0.05, 0.1) is 0 Å². The molecule has 2 saturated heterocycles. The van der Waals surface area contributed by atoms with E-state index in [9.17, 15) is 36.2 Å². The molecule has 0 aromatic rings. The van der Waals surface area contributed by atoms with Gasteiger partial charge in [-0.05, 0) is 0 Å². The van der Waals surface area contributed by atoms with Crippen molar-refractivity contribution >= 4 is 26.3 Å². The van der Waals surface area contributed by atoms with Gasteiger partial charge in [-0.1, -0.05) is 0 Å². The maximum absolute atomic E-state index is 13.5. The number of ether oxygens (including phenoxy) is 1. The van der Waals surface area contributed by atoms with E-state index in [1.54, 1.807) is 0 Å². The summed E-state index contributed by atoms with van der Waals surface area (Å²) in [7, 11) is 0. The summed E-state index contributed by atoms with van der Waals surface area (Å²) in [4.78, 5) is 12.7. The van der Waals surface area contributed by atoms with Crippen LogP contribution in [0.2, 0.25) is 0 Å². The van der Waals surface area contributed by atoms with E-state index in [0.29, 0.717) is 6.42 Å². The third-order valence-corrected chi connectivity index (χ3v) is 12.1. The van der Waals surface area contributed by atoms with E-state index in [4.69, 9.17) is 4.74 Å². The van der Waals surface area contributed by atoms with Crippen molar-refractivity contribution in [3.8, 4) is 0 Å². The van der Waals surface area contributed by atoms with Gasteiger partial charge < -0.3 is 0 Å². The Morgan fingerprint density at radius 3 is 2.07 bits per heavy atom. The summed E-state index contributed by atoms with van der Waals surface area (Å²) >= 11 is -1.71. The summed E-state index contributed by atoms with van der Waals surface area (Å²) in [5.41, 5.74) is -6.44. The van der Waals surface area contributed by atoms with Crippen molar-refractivity contribution < 1.29 is 41.0 Å². The molecule has 4 unspecified atom stereocenters. The molecule has 4 aliphatic rings. The van der Waals surface area contributed by atoms with Gasteiger partial charge in [0.1, 0.15) is 0 Å². The van der Waals surface area contributed by atoms with E-state index in [2.05, 4.69) is 7.06 Å². The summed E-state index contributed by atoms with van der Waals surface area (Å²) < 4.78 is 91.5. The molecular formula is C17H23F6IN2O3. The Bertz CT molecular complexity index is 692. The number of nitrogens with one attached hydrogen (secondary N) is 2. The van der Waals surface area contributed by atoms with Gasteiger partial charge in [-0.3, -0.25) is 0 Å². The average Bonchev–Trinajstić information content (AvgIpc) is 3.35.